The molecule has 0 aliphatic carbocycles. The summed E-state index contributed by atoms with van der Waals surface area (Å²) in [6, 6.07) is 0. The van der Waals surface area contributed by atoms with Gasteiger partial charge < -0.3 is 59.4 Å². The molecule has 8 N–H and O–H groups in total. The Bertz CT molecular complexity index is 719. The van der Waals surface area contributed by atoms with E-state index in [-0.39, 0.29) is 59.1 Å². The Balaban J connectivity index is -0.000000397. The first kappa shape index (κ1) is 34.9. The molecule has 2 rings (SSSR count). The quantitative estimate of drug-likeness (QED) is 0.0778. The average molecular weight is 494 g/mol. The van der Waals surface area contributed by atoms with Gasteiger partial charge in [-0.25, -0.2) is 9.59 Å². The summed E-state index contributed by atoms with van der Waals surface area (Å²) in [5.74, 6) is -5.56. The van der Waals surface area contributed by atoms with Gasteiger partial charge >= 0.3 is 71.1 Å². The molecule has 0 radical (unpaired) electrons. The van der Waals surface area contributed by atoms with Gasteiger partial charge in [-0.15, -0.1) is 0 Å². The Hall–Kier alpha value is -0.670. The Morgan fingerprint density at radius 3 is 1.13 bits per heavy atom. The van der Waals surface area contributed by atoms with E-state index in [0.717, 1.165) is 0 Å². The molecule has 16 nitrogen and oxygen atoms in total. The van der Waals surface area contributed by atoms with Gasteiger partial charge in [0.2, 0.25) is 11.5 Å². The standard InChI is InChI=1S/2C6H8O6.2Na.H2O4S/c2*7-1-2(8)5-3(9)4(10)6(11)12-5;;;1-5(2,3)4/h2*2,5,7-10H,1H2;;;(H2,1,2,3,4)/q;;2*+1;/p-2/t2*2-,5+;;;/m00.../s1. The van der Waals surface area contributed by atoms with Crippen LogP contribution in [0.2, 0.25) is 0 Å². The van der Waals surface area contributed by atoms with Crippen LogP contribution in [-0.4, -0.2) is 108 Å². The second-order valence-electron chi connectivity index (χ2n) is 5.03. The van der Waals surface area contributed by atoms with Crippen LogP contribution in [0.4, 0.5) is 0 Å². The van der Waals surface area contributed by atoms with Gasteiger partial charge in [0.1, 0.15) is 12.2 Å². The van der Waals surface area contributed by atoms with Gasteiger partial charge in [-0.3, -0.25) is 8.42 Å². The summed E-state index contributed by atoms with van der Waals surface area (Å²) in [7, 11) is -5.17. The molecule has 4 atom stereocenters. The largest absolute Gasteiger partial charge is 1.00 e. The van der Waals surface area contributed by atoms with E-state index in [2.05, 4.69) is 9.47 Å². The third-order valence-electron chi connectivity index (χ3n) is 2.95. The normalized spacial score (nSPS) is 21.9. The molecule has 0 aromatic rings. The van der Waals surface area contributed by atoms with Crippen LogP contribution in [-0.2, 0) is 29.5 Å². The average Bonchev–Trinajstić information content (AvgIpc) is 3.04. The molecule has 0 amide bonds. The molecular formula is C12H16Na2O16S. The van der Waals surface area contributed by atoms with Crippen molar-refractivity contribution in [1.29, 1.82) is 0 Å². The Kier molecular flexibility index (Phi) is 17.1. The number of carbonyl (C=O) groups is 2. The van der Waals surface area contributed by atoms with Crippen LogP contribution in [0.1, 0.15) is 0 Å². The monoisotopic (exact) mass is 494 g/mol. The molecule has 168 valence electrons. The van der Waals surface area contributed by atoms with Crippen molar-refractivity contribution in [3.05, 3.63) is 23.0 Å². The number of hydrogen-bond donors (Lipinski definition) is 8. The Labute approximate surface area is 218 Å². The minimum atomic E-state index is -5.17. The van der Waals surface area contributed by atoms with E-state index in [4.69, 9.17) is 58.4 Å². The first-order valence-electron chi connectivity index (χ1n) is 7.06. The minimum Gasteiger partial charge on any atom is -0.759 e. The number of aliphatic hydroxyl groups is 8. The van der Waals surface area contributed by atoms with Crippen molar-refractivity contribution in [3.63, 3.8) is 0 Å². The van der Waals surface area contributed by atoms with E-state index in [0.29, 0.717) is 0 Å². The van der Waals surface area contributed by atoms with E-state index in [9.17, 15) is 9.59 Å². The molecule has 0 fully saturated rings. The predicted octanol–water partition coefficient (Wildman–Crippen LogP) is -10.1. The maximum atomic E-state index is 10.5. The van der Waals surface area contributed by atoms with Crippen molar-refractivity contribution in [2.24, 2.45) is 0 Å². The summed E-state index contributed by atoms with van der Waals surface area (Å²) in [6.45, 7) is -1.34. The molecule has 0 saturated carbocycles. The summed E-state index contributed by atoms with van der Waals surface area (Å²) >= 11 is 0. The fourth-order valence-corrected chi connectivity index (χ4v) is 1.65. The van der Waals surface area contributed by atoms with Crippen LogP contribution >= 0.6 is 0 Å². The molecule has 2 aliphatic heterocycles. The summed E-state index contributed by atoms with van der Waals surface area (Å²) in [6.07, 6.45) is -5.55. The van der Waals surface area contributed by atoms with Crippen LogP contribution < -0.4 is 59.1 Å². The van der Waals surface area contributed by atoms with Crippen molar-refractivity contribution < 1.29 is 137 Å². The molecule has 19 heteroatoms. The summed E-state index contributed by atoms with van der Waals surface area (Å²) in [4.78, 5) is 21.1. The van der Waals surface area contributed by atoms with Crippen molar-refractivity contribution >= 4 is 22.3 Å². The fourth-order valence-electron chi connectivity index (χ4n) is 1.65. The van der Waals surface area contributed by atoms with Gasteiger partial charge in [-0.1, -0.05) is 0 Å². The van der Waals surface area contributed by atoms with Gasteiger partial charge in [0.05, 0.1) is 13.2 Å². The van der Waals surface area contributed by atoms with Crippen molar-refractivity contribution in [2.75, 3.05) is 13.2 Å². The fraction of sp³-hybridized carbons (Fsp3) is 0.500. The molecule has 2 aliphatic rings. The van der Waals surface area contributed by atoms with Crippen LogP contribution in [0.15, 0.2) is 23.0 Å². The third kappa shape index (κ3) is 11.7. The maximum Gasteiger partial charge on any atom is 1.00 e. The number of carbonyl (C=O) groups excluding carboxylic acids is 2. The van der Waals surface area contributed by atoms with E-state index < -0.39 is 83.0 Å². The number of hydrogen-bond acceptors (Lipinski definition) is 16. The number of esters is 2. The second kappa shape index (κ2) is 15.2. The van der Waals surface area contributed by atoms with Gasteiger partial charge in [0, 0.05) is 10.4 Å². The molecule has 31 heavy (non-hydrogen) atoms. The Morgan fingerprint density at radius 1 is 0.774 bits per heavy atom. The number of ether oxygens (including phenoxy) is 2. The summed E-state index contributed by atoms with van der Waals surface area (Å²) < 4.78 is 42.7. The molecule has 0 aromatic heterocycles. The summed E-state index contributed by atoms with van der Waals surface area (Å²) in [5.41, 5.74) is 0. The minimum absolute atomic E-state index is 0. The van der Waals surface area contributed by atoms with E-state index >= 15 is 0 Å². The maximum absolute atomic E-state index is 10.5. The molecular weight excluding hydrogens is 478 g/mol. The number of rotatable bonds is 4. The van der Waals surface area contributed by atoms with Crippen LogP contribution in [0.5, 0.6) is 0 Å². The third-order valence-corrected chi connectivity index (χ3v) is 2.95. The molecule has 0 unspecified atom stereocenters. The molecule has 0 saturated heterocycles. The first-order valence-corrected chi connectivity index (χ1v) is 8.39. The topological polar surface area (TPSA) is 295 Å². The second-order valence-corrected chi connectivity index (χ2v) is 5.84. The van der Waals surface area contributed by atoms with E-state index in [1.165, 1.54) is 0 Å². The predicted molar refractivity (Wildman–Crippen MR) is 81.0 cm³/mol. The zero-order chi connectivity index (χ0) is 23.1. The molecule has 0 spiro atoms. The smallest absolute Gasteiger partial charge is 0.759 e. The zero-order valence-corrected chi connectivity index (χ0v) is 20.8. The van der Waals surface area contributed by atoms with Gasteiger partial charge in [-0.2, -0.15) is 0 Å². The van der Waals surface area contributed by atoms with Gasteiger partial charge in [0.15, 0.2) is 23.7 Å². The number of cyclic esters (lactones) is 2. The first-order chi connectivity index (χ1) is 13.1. The Morgan fingerprint density at radius 2 is 1.00 bits per heavy atom. The van der Waals surface area contributed by atoms with Crippen LogP contribution in [0.25, 0.3) is 0 Å². The van der Waals surface area contributed by atoms with Crippen LogP contribution in [0.3, 0.4) is 0 Å². The molecule has 0 bridgehead atoms. The van der Waals surface area contributed by atoms with E-state index in [1.807, 2.05) is 0 Å². The zero-order valence-electron chi connectivity index (χ0n) is 16.0. The van der Waals surface area contributed by atoms with Gasteiger partial charge in [-0.05, 0) is 0 Å². The van der Waals surface area contributed by atoms with Crippen molar-refractivity contribution in [3.8, 4) is 0 Å². The molecule has 2 heterocycles. The summed E-state index contributed by atoms with van der Waals surface area (Å²) in [5, 5.41) is 70.1. The molecule has 0 aromatic carbocycles. The SMILES string of the molecule is O=C1O[C@H]([C@@H](O)CO)C(O)=C1O.O=C1O[C@H]([C@@H](O)CO)C(O)=C1O.O=S(=O)([O-])[O-].[Na+].[Na+]. The van der Waals surface area contributed by atoms with Crippen molar-refractivity contribution in [2.45, 2.75) is 24.4 Å². The number of aliphatic hydroxyl groups excluding tert-OH is 8. The van der Waals surface area contributed by atoms with E-state index in [1.54, 1.807) is 0 Å². The van der Waals surface area contributed by atoms with Gasteiger partial charge in [0.25, 0.3) is 0 Å². The van der Waals surface area contributed by atoms with Crippen LogP contribution in [0, 0.1) is 0 Å². The van der Waals surface area contributed by atoms with Crippen molar-refractivity contribution in [1.82, 2.24) is 0 Å².